The van der Waals surface area contributed by atoms with Crippen LogP contribution >= 0.6 is 0 Å². The number of nitrogens with zero attached hydrogens (tertiary/aromatic N) is 2. The maximum atomic E-state index is 13.1. The Hall–Kier alpha value is -4.19. The summed E-state index contributed by atoms with van der Waals surface area (Å²) in [5.74, 6) is 0.0431. The van der Waals surface area contributed by atoms with Crippen molar-refractivity contribution in [2.24, 2.45) is 5.10 Å². The SMILES string of the molecule is CC1=NN(c2cccc(C)c2)C(=O)/C1=C\c1ccccc1OCC(=O)Nc1ccccc1. The molecular weight excluding hydrogens is 402 g/mol. The first-order valence-corrected chi connectivity index (χ1v) is 10.3. The molecule has 3 aromatic carbocycles. The fourth-order valence-electron chi connectivity index (χ4n) is 3.37. The summed E-state index contributed by atoms with van der Waals surface area (Å²) >= 11 is 0. The second-order valence-corrected chi connectivity index (χ2v) is 7.44. The number of nitrogens with one attached hydrogen (secondary N) is 1. The summed E-state index contributed by atoms with van der Waals surface area (Å²) in [6.45, 7) is 3.63. The number of ether oxygens (including phenoxy) is 1. The quantitative estimate of drug-likeness (QED) is 0.576. The Morgan fingerprint density at radius 1 is 1.00 bits per heavy atom. The number of hydrogen-bond donors (Lipinski definition) is 1. The van der Waals surface area contributed by atoms with Crippen LogP contribution < -0.4 is 15.1 Å². The van der Waals surface area contributed by atoms with Crippen LogP contribution in [0.25, 0.3) is 6.08 Å². The van der Waals surface area contributed by atoms with Crippen LogP contribution in [0.1, 0.15) is 18.1 Å². The summed E-state index contributed by atoms with van der Waals surface area (Å²) in [5.41, 5.74) is 4.28. The Morgan fingerprint density at radius 3 is 2.53 bits per heavy atom. The van der Waals surface area contributed by atoms with Gasteiger partial charge in [-0.25, -0.2) is 0 Å². The Labute approximate surface area is 186 Å². The first-order chi connectivity index (χ1) is 15.5. The van der Waals surface area contributed by atoms with Gasteiger partial charge in [-0.2, -0.15) is 10.1 Å². The molecule has 0 saturated carbocycles. The number of para-hydroxylation sites is 2. The van der Waals surface area contributed by atoms with Crippen molar-refractivity contribution in [1.82, 2.24) is 0 Å². The van der Waals surface area contributed by atoms with Crippen molar-refractivity contribution in [3.05, 3.63) is 95.6 Å². The molecular formula is C26H23N3O3. The predicted molar refractivity (Wildman–Crippen MR) is 127 cm³/mol. The Balaban J connectivity index is 1.50. The van der Waals surface area contributed by atoms with Crippen LogP contribution in [0.5, 0.6) is 5.75 Å². The molecule has 0 atom stereocenters. The van der Waals surface area contributed by atoms with Crippen LogP contribution in [0.4, 0.5) is 11.4 Å². The van der Waals surface area contributed by atoms with Gasteiger partial charge < -0.3 is 10.1 Å². The molecule has 1 N–H and O–H groups in total. The number of benzene rings is 3. The van der Waals surface area contributed by atoms with Gasteiger partial charge in [0.25, 0.3) is 11.8 Å². The van der Waals surface area contributed by atoms with E-state index in [9.17, 15) is 9.59 Å². The van der Waals surface area contributed by atoms with Gasteiger partial charge in [0.05, 0.1) is 17.0 Å². The summed E-state index contributed by atoms with van der Waals surface area (Å²) < 4.78 is 5.76. The van der Waals surface area contributed by atoms with Gasteiger partial charge in [0.2, 0.25) is 0 Å². The molecule has 0 unspecified atom stereocenters. The minimum atomic E-state index is -0.265. The average molecular weight is 425 g/mol. The number of aryl methyl sites for hydroxylation is 1. The van der Waals surface area contributed by atoms with Gasteiger partial charge in [0, 0.05) is 11.3 Å². The third-order valence-electron chi connectivity index (χ3n) is 4.94. The number of hydrazone groups is 1. The smallest absolute Gasteiger partial charge is 0.280 e. The molecule has 2 amide bonds. The van der Waals surface area contributed by atoms with Crippen LogP contribution in [0.2, 0.25) is 0 Å². The molecule has 0 radical (unpaired) electrons. The van der Waals surface area contributed by atoms with Gasteiger partial charge in [-0.05, 0) is 55.8 Å². The molecule has 1 aliphatic heterocycles. The van der Waals surface area contributed by atoms with E-state index in [0.717, 1.165) is 11.3 Å². The van der Waals surface area contributed by atoms with Gasteiger partial charge in [0.15, 0.2) is 6.61 Å². The van der Waals surface area contributed by atoms with Gasteiger partial charge in [-0.3, -0.25) is 9.59 Å². The molecule has 6 heteroatoms. The van der Waals surface area contributed by atoms with Gasteiger partial charge in [0.1, 0.15) is 5.75 Å². The van der Waals surface area contributed by atoms with E-state index in [4.69, 9.17) is 4.74 Å². The number of rotatable bonds is 6. The first kappa shape index (κ1) is 21.1. The van der Waals surface area contributed by atoms with Crippen molar-refractivity contribution in [2.75, 3.05) is 16.9 Å². The Morgan fingerprint density at radius 2 is 1.75 bits per heavy atom. The lowest BCUT2D eigenvalue weighted by Gasteiger charge is -2.12. The van der Waals surface area contributed by atoms with Crippen molar-refractivity contribution in [1.29, 1.82) is 0 Å². The van der Waals surface area contributed by atoms with E-state index >= 15 is 0 Å². The highest BCUT2D eigenvalue weighted by atomic mass is 16.5. The lowest BCUT2D eigenvalue weighted by atomic mass is 10.1. The van der Waals surface area contributed by atoms with E-state index in [1.165, 1.54) is 5.01 Å². The van der Waals surface area contributed by atoms with Crippen LogP contribution in [0, 0.1) is 6.92 Å². The van der Waals surface area contributed by atoms with Crippen molar-refractivity contribution in [3.63, 3.8) is 0 Å². The molecule has 6 nitrogen and oxygen atoms in total. The molecule has 0 spiro atoms. The summed E-state index contributed by atoms with van der Waals surface area (Å²) in [4.78, 5) is 25.3. The van der Waals surface area contributed by atoms with E-state index in [0.29, 0.717) is 28.3 Å². The number of anilines is 2. The molecule has 0 saturated heterocycles. The Bertz CT molecular complexity index is 1220. The number of hydrogen-bond acceptors (Lipinski definition) is 4. The predicted octanol–water partition coefficient (Wildman–Crippen LogP) is 4.82. The molecule has 0 bridgehead atoms. The minimum Gasteiger partial charge on any atom is -0.483 e. The van der Waals surface area contributed by atoms with E-state index in [2.05, 4.69) is 10.4 Å². The lowest BCUT2D eigenvalue weighted by Crippen LogP contribution is -2.21. The zero-order chi connectivity index (χ0) is 22.5. The van der Waals surface area contributed by atoms with Gasteiger partial charge in [-0.15, -0.1) is 0 Å². The molecule has 32 heavy (non-hydrogen) atoms. The van der Waals surface area contributed by atoms with Crippen LogP contribution in [0.3, 0.4) is 0 Å². The molecule has 3 aromatic rings. The average Bonchev–Trinajstić information content (AvgIpc) is 3.07. The monoisotopic (exact) mass is 425 g/mol. The normalized spacial score (nSPS) is 14.4. The summed E-state index contributed by atoms with van der Waals surface area (Å²) in [6.07, 6.45) is 1.75. The summed E-state index contributed by atoms with van der Waals surface area (Å²) in [6, 6.07) is 24.1. The Kier molecular flexibility index (Phi) is 6.12. The maximum Gasteiger partial charge on any atom is 0.280 e. The van der Waals surface area contributed by atoms with E-state index in [-0.39, 0.29) is 18.4 Å². The molecule has 0 aliphatic carbocycles. The third kappa shape index (κ3) is 4.75. The highest BCUT2D eigenvalue weighted by Crippen LogP contribution is 2.28. The van der Waals surface area contributed by atoms with Crippen LogP contribution in [-0.2, 0) is 9.59 Å². The summed E-state index contributed by atoms with van der Waals surface area (Å²) in [7, 11) is 0. The van der Waals surface area contributed by atoms with Crippen LogP contribution in [-0.4, -0.2) is 24.1 Å². The largest absolute Gasteiger partial charge is 0.483 e. The van der Waals surface area contributed by atoms with Crippen LogP contribution in [0.15, 0.2) is 89.5 Å². The van der Waals surface area contributed by atoms with E-state index < -0.39 is 0 Å². The van der Waals surface area contributed by atoms with E-state index in [1.807, 2.05) is 79.7 Å². The topological polar surface area (TPSA) is 71.0 Å². The molecule has 4 rings (SSSR count). The summed E-state index contributed by atoms with van der Waals surface area (Å²) in [5, 5.41) is 8.63. The number of amides is 2. The molecule has 160 valence electrons. The van der Waals surface area contributed by atoms with Gasteiger partial charge in [-0.1, -0.05) is 48.5 Å². The van der Waals surface area contributed by atoms with Crippen molar-refractivity contribution >= 4 is 35.0 Å². The highest BCUT2D eigenvalue weighted by Gasteiger charge is 2.29. The van der Waals surface area contributed by atoms with Crippen molar-refractivity contribution < 1.29 is 14.3 Å². The fourth-order valence-corrected chi connectivity index (χ4v) is 3.37. The standard InChI is InChI=1S/C26H23N3O3/c1-18-9-8-13-22(15-18)29-26(31)23(19(2)28-29)16-20-10-6-7-14-24(20)32-17-25(30)27-21-11-4-3-5-12-21/h3-16H,17H2,1-2H3,(H,27,30)/b23-16-. The second-order valence-electron chi connectivity index (χ2n) is 7.44. The van der Waals surface area contributed by atoms with Crippen molar-refractivity contribution in [3.8, 4) is 5.75 Å². The highest BCUT2D eigenvalue weighted by molar-refractivity contribution is 6.32. The molecule has 1 heterocycles. The minimum absolute atomic E-state index is 0.147. The maximum absolute atomic E-state index is 13.1. The zero-order valence-electron chi connectivity index (χ0n) is 17.9. The molecule has 1 aliphatic rings. The second kappa shape index (κ2) is 9.31. The number of carbonyl (C=O) groups is 2. The first-order valence-electron chi connectivity index (χ1n) is 10.3. The van der Waals surface area contributed by atoms with Crippen molar-refractivity contribution in [2.45, 2.75) is 13.8 Å². The third-order valence-corrected chi connectivity index (χ3v) is 4.94. The zero-order valence-corrected chi connectivity index (χ0v) is 17.9. The lowest BCUT2D eigenvalue weighted by molar-refractivity contribution is -0.118. The molecule has 0 aromatic heterocycles. The number of carbonyl (C=O) groups excluding carboxylic acids is 2. The fraction of sp³-hybridized carbons (Fsp3) is 0.115. The molecule has 0 fully saturated rings. The van der Waals surface area contributed by atoms with Gasteiger partial charge >= 0.3 is 0 Å². The van der Waals surface area contributed by atoms with E-state index in [1.54, 1.807) is 19.1 Å².